The van der Waals surface area contributed by atoms with Crippen molar-refractivity contribution in [2.75, 3.05) is 0 Å². The van der Waals surface area contributed by atoms with Crippen molar-refractivity contribution in [1.29, 1.82) is 0 Å². The Kier molecular flexibility index (Phi) is 5.53. The molecule has 0 saturated heterocycles. The summed E-state index contributed by atoms with van der Waals surface area (Å²) >= 11 is 0. The van der Waals surface area contributed by atoms with Crippen LogP contribution in [0.3, 0.4) is 0 Å². The number of rotatable bonds is 6. The maximum atomic E-state index is 14.5. The summed E-state index contributed by atoms with van der Waals surface area (Å²) in [5.41, 5.74) is 1.09. The maximum Gasteiger partial charge on any atom is 0.171 e. The third-order valence-electron chi connectivity index (χ3n) is 4.27. The molecule has 0 heterocycles. The summed E-state index contributed by atoms with van der Waals surface area (Å²) in [5, 5.41) is 6.12. The molecule has 2 nitrogen and oxygen atoms in total. The highest BCUT2D eigenvalue weighted by Gasteiger charge is 2.31. The monoisotopic (exact) mass is 349 g/mol. The van der Waals surface area contributed by atoms with Gasteiger partial charge in [-0.05, 0) is 5.56 Å². The van der Waals surface area contributed by atoms with Crippen molar-refractivity contribution < 1.29 is 4.57 Å². The molecule has 0 bridgehead atoms. The van der Waals surface area contributed by atoms with E-state index in [1.54, 1.807) is 0 Å². The van der Waals surface area contributed by atoms with E-state index in [4.69, 9.17) is 0 Å². The van der Waals surface area contributed by atoms with E-state index in [1.807, 2.05) is 78.9 Å². The van der Waals surface area contributed by atoms with E-state index < -0.39 is 7.14 Å². The van der Waals surface area contributed by atoms with Crippen molar-refractivity contribution in [3.8, 4) is 0 Å². The van der Waals surface area contributed by atoms with Crippen LogP contribution in [0, 0.1) is 0 Å². The van der Waals surface area contributed by atoms with E-state index >= 15 is 0 Å². The molecule has 0 radical (unpaired) electrons. The van der Waals surface area contributed by atoms with Crippen LogP contribution < -0.4 is 21.2 Å². The van der Waals surface area contributed by atoms with Crippen LogP contribution in [0.5, 0.6) is 0 Å². The standard InChI is InChI=1S/C22H24NOP/c1-18(2)23-17-19-11-9-10-16-22(19)25(24,20-12-5-3-6-13-20)21-14-7-4-8-15-21/h3-16,18,23H,17H2,1-2H3. The molecular formula is C22H24NOP. The first-order valence-electron chi connectivity index (χ1n) is 8.65. The fraction of sp³-hybridized carbons (Fsp3) is 0.182. The molecule has 128 valence electrons. The molecule has 0 atom stereocenters. The van der Waals surface area contributed by atoms with Crippen LogP contribution >= 0.6 is 7.14 Å². The molecular weight excluding hydrogens is 325 g/mol. The van der Waals surface area contributed by atoms with Crippen LogP contribution in [-0.4, -0.2) is 6.04 Å². The van der Waals surface area contributed by atoms with Gasteiger partial charge in [-0.15, -0.1) is 0 Å². The first-order valence-corrected chi connectivity index (χ1v) is 10.4. The number of hydrogen-bond donors (Lipinski definition) is 1. The molecule has 3 aromatic rings. The molecule has 0 spiro atoms. The lowest BCUT2D eigenvalue weighted by Gasteiger charge is -2.23. The Balaban J connectivity index is 2.19. The molecule has 0 aliphatic carbocycles. The summed E-state index contributed by atoms with van der Waals surface area (Å²) in [6, 6.07) is 28.1. The Morgan fingerprint density at radius 3 is 1.76 bits per heavy atom. The topological polar surface area (TPSA) is 29.1 Å². The van der Waals surface area contributed by atoms with Crippen LogP contribution in [-0.2, 0) is 11.1 Å². The molecule has 0 aliphatic heterocycles. The van der Waals surface area contributed by atoms with Crippen molar-refractivity contribution in [2.45, 2.75) is 26.4 Å². The molecule has 0 amide bonds. The highest BCUT2D eigenvalue weighted by molar-refractivity contribution is 7.85. The Labute approximate surface area is 150 Å². The third-order valence-corrected chi connectivity index (χ3v) is 7.44. The van der Waals surface area contributed by atoms with E-state index in [2.05, 4.69) is 25.2 Å². The average molecular weight is 349 g/mol. The quantitative estimate of drug-likeness (QED) is 0.686. The van der Waals surface area contributed by atoms with Gasteiger partial charge in [-0.1, -0.05) is 98.8 Å². The van der Waals surface area contributed by atoms with Gasteiger partial charge >= 0.3 is 0 Å². The van der Waals surface area contributed by atoms with Crippen molar-refractivity contribution in [1.82, 2.24) is 5.32 Å². The number of benzene rings is 3. The molecule has 3 rings (SSSR count). The maximum absolute atomic E-state index is 14.5. The minimum Gasteiger partial charge on any atom is -0.310 e. The highest BCUT2D eigenvalue weighted by atomic mass is 31.2. The first-order chi connectivity index (χ1) is 12.1. The van der Waals surface area contributed by atoms with Crippen LogP contribution in [0.15, 0.2) is 84.9 Å². The predicted octanol–water partition coefficient (Wildman–Crippen LogP) is 3.82. The van der Waals surface area contributed by atoms with Gasteiger partial charge in [0.05, 0.1) is 0 Å². The molecule has 0 aliphatic rings. The normalized spacial score (nSPS) is 11.6. The van der Waals surface area contributed by atoms with Gasteiger partial charge in [-0.3, -0.25) is 0 Å². The van der Waals surface area contributed by atoms with Gasteiger partial charge in [0, 0.05) is 28.5 Å². The summed E-state index contributed by atoms with van der Waals surface area (Å²) in [7, 11) is -2.91. The first kappa shape index (κ1) is 17.7. The molecule has 1 N–H and O–H groups in total. The van der Waals surface area contributed by atoms with Gasteiger partial charge < -0.3 is 9.88 Å². The summed E-state index contributed by atoms with van der Waals surface area (Å²) in [6.45, 7) is 4.95. The molecule has 0 aromatic heterocycles. The van der Waals surface area contributed by atoms with Crippen LogP contribution in [0.25, 0.3) is 0 Å². The van der Waals surface area contributed by atoms with Gasteiger partial charge in [0.25, 0.3) is 0 Å². The molecule has 0 saturated carbocycles. The zero-order valence-corrected chi connectivity index (χ0v) is 15.6. The average Bonchev–Trinajstić information content (AvgIpc) is 2.67. The number of nitrogens with one attached hydrogen (secondary N) is 1. The Morgan fingerprint density at radius 2 is 1.24 bits per heavy atom. The van der Waals surface area contributed by atoms with Gasteiger partial charge in [-0.25, -0.2) is 0 Å². The Hall–Kier alpha value is -2.15. The summed E-state index contributed by atoms with van der Waals surface area (Å²) < 4.78 is 14.5. The minimum absolute atomic E-state index is 0.376. The van der Waals surface area contributed by atoms with E-state index in [0.29, 0.717) is 12.6 Å². The van der Waals surface area contributed by atoms with Crippen molar-refractivity contribution in [3.63, 3.8) is 0 Å². The second-order valence-electron chi connectivity index (χ2n) is 6.44. The largest absolute Gasteiger partial charge is 0.310 e. The second-order valence-corrected chi connectivity index (χ2v) is 9.18. The lowest BCUT2D eigenvalue weighted by atomic mass is 10.2. The van der Waals surface area contributed by atoms with Gasteiger partial charge in [-0.2, -0.15) is 0 Å². The fourth-order valence-corrected chi connectivity index (χ4v) is 5.88. The molecule has 3 heteroatoms. The molecule has 0 fully saturated rings. The second kappa shape index (κ2) is 7.82. The minimum atomic E-state index is -2.91. The smallest absolute Gasteiger partial charge is 0.171 e. The van der Waals surface area contributed by atoms with Crippen molar-refractivity contribution in [3.05, 3.63) is 90.5 Å². The predicted molar refractivity (Wildman–Crippen MR) is 108 cm³/mol. The van der Waals surface area contributed by atoms with Crippen LogP contribution in [0.4, 0.5) is 0 Å². The molecule has 25 heavy (non-hydrogen) atoms. The van der Waals surface area contributed by atoms with Crippen molar-refractivity contribution in [2.24, 2.45) is 0 Å². The van der Waals surface area contributed by atoms with Gasteiger partial charge in [0.15, 0.2) is 7.14 Å². The van der Waals surface area contributed by atoms with E-state index in [-0.39, 0.29) is 0 Å². The van der Waals surface area contributed by atoms with Crippen LogP contribution in [0.2, 0.25) is 0 Å². The van der Waals surface area contributed by atoms with E-state index in [1.165, 1.54) is 0 Å². The zero-order chi connectivity index (χ0) is 17.7. The summed E-state index contributed by atoms with van der Waals surface area (Å²) in [6.07, 6.45) is 0. The lowest BCUT2D eigenvalue weighted by molar-refractivity contribution is 0.585. The Bertz CT molecular complexity index is 816. The summed E-state index contributed by atoms with van der Waals surface area (Å²) in [5.74, 6) is 0. The van der Waals surface area contributed by atoms with Gasteiger partial charge in [0.1, 0.15) is 0 Å². The summed E-state index contributed by atoms with van der Waals surface area (Å²) in [4.78, 5) is 0. The van der Waals surface area contributed by atoms with Crippen molar-refractivity contribution >= 4 is 23.1 Å². The van der Waals surface area contributed by atoms with E-state index in [0.717, 1.165) is 21.5 Å². The third kappa shape index (κ3) is 3.76. The highest BCUT2D eigenvalue weighted by Crippen LogP contribution is 2.43. The number of hydrogen-bond acceptors (Lipinski definition) is 2. The molecule has 3 aromatic carbocycles. The fourth-order valence-electron chi connectivity index (χ4n) is 2.98. The molecule has 0 unspecified atom stereocenters. The van der Waals surface area contributed by atoms with Crippen LogP contribution in [0.1, 0.15) is 19.4 Å². The Morgan fingerprint density at radius 1 is 0.760 bits per heavy atom. The van der Waals surface area contributed by atoms with E-state index in [9.17, 15) is 4.57 Å². The van der Waals surface area contributed by atoms with Gasteiger partial charge in [0.2, 0.25) is 0 Å². The SMILES string of the molecule is CC(C)NCc1ccccc1P(=O)(c1ccccc1)c1ccccc1. The lowest BCUT2D eigenvalue weighted by Crippen LogP contribution is -2.30. The zero-order valence-electron chi connectivity index (χ0n) is 14.7.